The number of hydrogen-bond acceptors (Lipinski definition) is 7. The first-order valence-electron chi connectivity index (χ1n) is 19.3. The lowest BCUT2D eigenvalue weighted by molar-refractivity contribution is -0.146. The first kappa shape index (κ1) is 42.7. The zero-order valence-electron chi connectivity index (χ0n) is 34.4. The molecule has 3 atom stereocenters. The number of ether oxygens (including phenoxy) is 1. The molecule has 10 nitrogen and oxygen atoms in total. The van der Waals surface area contributed by atoms with E-state index in [1.54, 1.807) is 9.80 Å². The third-order valence-corrected chi connectivity index (χ3v) is 11.5. The van der Waals surface area contributed by atoms with Crippen LogP contribution < -0.4 is 5.32 Å². The molecule has 1 spiro atoms. The predicted octanol–water partition coefficient (Wildman–Crippen LogP) is 6.94. The van der Waals surface area contributed by atoms with E-state index in [-0.39, 0.29) is 54.6 Å². The second-order valence-electron chi connectivity index (χ2n) is 19.3. The predicted molar refractivity (Wildman–Crippen MR) is 202 cm³/mol. The van der Waals surface area contributed by atoms with E-state index >= 15 is 0 Å². The van der Waals surface area contributed by atoms with Gasteiger partial charge in [-0.15, -0.1) is 0 Å². The molecule has 0 saturated carbocycles. The van der Waals surface area contributed by atoms with Crippen LogP contribution in [0.25, 0.3) is 0 Å². The van der Waals surface area contributed by atoms with Crippen LogP contribution in [0.15, 0.2) is 12.2 Å². The van der Waals surface area contributed by atoms with Gasteiger partial charge in [-0.25, -0.2) is 4.79 Å². The van der Waals surface area contributed by atoms with Gasteiger partial charge in [-0.3, -0.25) is 24.1 Å². The van der Waals surface area contributed by atoms with Gasteiger partial charge in [0.25, 0.3) is 0 Å². The van der Waals surface area contributed by atoms with E-state index in [9.17, 15) is 24.0 Å². The third kappa shape index (κ3) is 10.2. The van der Waals surface area contributed by atoms with Crippen molar-refractivity contribution in [2.75, 3.05) is 20.1 Å². The standard InChI is InChI=1S/C41H70N4O6/c1-27(2)23-29-19-20-38(8,9)35(49)45-22-15-17-31(45)32(46)24-30(28(3)4)34(48)42-41(25-39(10,11)43(14)40(12,13)26-41)33(47)18-16-21-44(29)36(50)51-37(5,6)7/h19-20,27-31H,15-18,21-26H2,1-14H3,(H,42,48)/b20-19+/t29-,30+,31-/m1/s1. The first-order chi connectivity index (χ1) is 23.2. The number of ketones is 2. The number of likely N-dealkylation sites (tertiary alicyclic amines) is 1. The molecule has 290 valence electrons. The molecular weight excluding hydrogens is 644 g/mol. The van der Waals surface area contributed by atoms with Crippen LogP contribution >= 0.6 is 0 Å². The number of Topliss-reactive ketones (excluding diaryl/α,β-unsaturated/α-hetero) is 2. The molecular formula is C41H70N4O6. The number of hydrogen-bond donors (Lipinski definition) is 1. The van der Waals surface area contributed by atoms with E-state index in [0.29, 0.717) is 45.1 Å². The second-order valence-corrected chi connectivity index (χ2v) is 19.3. The molecule has 0 bridgehead atoms. The molecule has 1 N–H and O–H groups in total. The maximum absolute atomic E-state index is 14.7. The maximum atomic E-state index is 14.7. The van der Waals surface area contributed by atoms with Crippen LogP contribution in [-0.4, -0.2) is 98.6 Å². The van der Waals surface area contributed by atoms with Crippen molar-refractivity contribution < 1.29 is 28.7 Å². The fourth-order valence-corrected chi connectivity index (χ4v) is 8.56. The summed E-state index contributed by atoms with van der Waals surface area (Å²) in [5.74, 6) is -1.22. The van der Waals surface area contributed by atoms with E-state index in [2.05, 4.69) is 58.8 Å². The van der Waals surface area contributed by atoms with Crippen molar-refractivity contribution in [1.82, 2.24) is 20.0 Å². The first-order valence-corrected chi connectivity index (χ1v) is 19.3. The summed E-state index contributed by atoms with van der Waals surface area (Å²) < 4.78 is 5.91. The van der Waals surface area contributed by atoms with Crippen LogP contribution in [0, 0.1) is 23.2 Å². The molecule has 3 amide bonds. The molecule has 3 aliphatic heterocycles. The molecule has 0 radical (unpaired) electrons. The normalized spacial score (nSPS) is 28.7. The Bertz CT molecular complexity index is 1320. The van der Waals surface area contributed by atoms with Crippen LogP contribution in [0.5, 0.6) is 0 Å². The van der Waals surface area contributed by atoms with Gasteiger partial charge in [0.2, 0.25) is 11.8 Å². The highest BCUT2D eigenvalue weighted by Gasteiger charge is 2.55. The minimum atomic E-state index is -1.16. The minimum absolute atomic E-state index is 0.00643. The number of nitrogens with zero attached hydrogens (tertiary/aromatic N) is 3. The molecule has 51 heavy (non-hydrogen) atoms. The Hall–Kier alpha value is -2.75. The summed E-state index contributed by atoms with van der Waals surface area (Å²) in [6.07, 6.45) is 6.59. The SMILES string of the molecule is CC(C)C[C@H]1/C=C/C(C)(C)C(=O)N2CCC[C@@H]2C(=O)C[C@@H](C(C)C)C(=O)NC2(CC(C)(C)N(C)C(C)(C)C2)C(=O)CCCN1C(=O)OC(C)(C)C. The van der Waals surface area contributed by atoms with Crippen molar-refractivity contribution in [2.24, 2.45) is 23.2 Å². The van der Waals surface area contributed by atoms with Gasteiger partial charge >= 0.3 is 6.09 Å². The summed E-state index contributed by atoms with van der Waals surface area (Å²) in [5.41, 5.74) is -3.68. The number of fused-ring (bicyclic) bond motifs is 1. The van der Waals surface area contributed by atoms with E-state index in [0.717, 1.165) is 0 Å². The quantitative estimate of drug-likeness (QED) is 0.315. The second kappa shape index (κ2) is 15.7. The van der Waals surface area contributed by atoms with E-state index in [1.165, 1.54) is 0 Å². The largest absolute Gasteiger partial charge is 0.444 e. The number of carbonyl (C=O) groups excluding carboxylic acids is 5. The van der Waals surface area contributed by atoms with Gasteiger partial charge in [-0.2, -0.15) is 0 Å². The van der Waals surface area contributed by atoms with Crippen LogP contribution in [0.2, 0.25) is 0 Å². The summed E-state index contributed by atoms with van der Waals surface area (Å²) in [5, 5.41) is 3.29. The molecule has 3 heterocycles. The number of piperidine rings is 1. The van der Waals surface area contributed by atoms with Crippen LogP contribution in [0.3, 0.4) is 0 Å². The molecule has 0 aromatic heterocycles. The Balaban J connectivity index is 2.19. The molecule has 3 aliphatic rings. The minimum Gasteiger partial charge on any atom is -0.444 e. The van der Waals surface area contributed by atoms with Gasteiger partial charge in [-0.05, 0) is 120 Å². The molecule has 0 unspecified atom stereocenters. The van der Waals surface area contributed by atoms with E-state index < -0.39 is 51.7 Å². The average Bonchev–Trinajstić information content (AvgIpc) is 3.46. The number of rotatable bonds is 3. The summed E-state index contributed by atoms with van der Waals surface area (Å²) in [6, 6.07) is -1.00. The topological polar surface area (TPSA) is 116 Å². The Labute approximate surface area is 308 Å². The van der Waals surface area contributed by atoms with Gasteiger partial charge in [0.1, 0.15) is 11.1 Å². The van der Waals surface area contributed by atoms with Crippen LogP contribution in [0.4, 0.5) is 4.79 Å². The highest BCUT2D eigenvalue weighted by Crippen LogP contribution is 2.44. The number of amides is 3. The molecule has 0 aromatic rings. The Kier molecular flexibility index (Phi) is 13.1. The molecule has 3 rings (SSSR count). The Morgan fingerprint density at radius 1 is 0.941 bits per heavy atom. The number of nitrogens with one attached hydrogen (secondary N) is 1. The lowest BCUT2D eigenvalue weighted by Gasteiger charge is -2.58. The lowest BCUT2D eigenvalue weighted by atomic mass is 9.66. The van der Waals surface area contributed by atoms with Gasteiger partial charge < -0.3 is 19.9 Å². The van der Waals surface area contributed by atoms with Crippen LogP contribution in [0.1, 0.15) is 141 Å². The fraction of sp³-hybridized carbons (Fsp3) is 0.829. The number of carbonyl (C=O) groups is 5. The van der Waals surface area contributed by atoms with Crippen molar-refractivity contribution in [3.05, 3.63) is 12.2 Å². The molecule has 2 fully saturated rings. The molecule has 0 aromatic carbocycles. The van der Waals surface area contributed by atoms with Gasteiger partial charge in [0.05, 0.1) is 17.5 Å². The molecule has 10 heteroatoms. The molecule has 0 aliphatic carbocycles. The zero-order valence-corrected chi connectivity index (χ0v) is 34.4. The third-order valence-electron chi connectivity index (χ3n) is 11.5. The summed E-state index contributed by atoms with van der Waals surface area (Å²) in [6.45, 7) is 26.4. The van der Waals surface area contributed by atoms with E-state index in [4.69, 9.17) is 4.74 Å². The lowest BCUT2D eigenvalue weighted by Crippen LogP contribution is -2.71. The molecule has 2 saturated heterocycles. The zero-order chi connectivity index (χ0) is 38.9. The monoisotopic (exact) mass is 715 g/mol. The Morgan fingerprint density at radius 3 is 2.06 bits per heavy atom. The fourth-order valence-electron chi connectivity index (χ4n) is 8.56. The average molecular weight is 715 g/mol. The Morgan fingerprint density at radius 2 is 1.53 bits per heavy atom. The maximum Gasteiger partial charge on any atom is 0.410 e. The van der Waals surface area contributed by atoms with Gasteiger partial charge in [0.15, 0.2) is 11.6 Å². The van der Waals surface area contributed by atoms with Crippen molar-refractivity contribution in [3.63, 3.8) is 0 Å². The highest BCUT2D eigenvalue weighted by atomic mass is 16.6. The summed E-state index contributed by atoms with van der Waals surface area (Å²) in [4.78, 5) is 76.9. The van der Waals surface area contributed by atoms with Crippen molar-refractivity contribution in [1.29, 1.82) is 0 Å². The summed E-state index contributed by atoms with van der Waals surface area (Å²) >= 11 is 0. The van der Waals surface area contributed by atoms with Crippen molar-refractivity contribution in [2.45, 2.75) is 176 Å². The van der Waals surface area contributed by atoms with Gasteiger partial charge in [-0.1, -0.05) is 39.8 Å². The van der Waals surface area contributed by atoms with Crippen molar-refractivity contribution >= 4 is 29.5 Å². The van der Waals surface area contributed by atoms with Crippen molar-refractivity contribution in [3.8, 4) is 0 Å². The smallest absolute Gasteiger partial charge is 0.410 e. The summed E-state index contributed by atoms with van der Waals surface area (Å²) in [7, 11) is 2.06. The van der Waals surface area contributed by atoms with E-state index in [1.807, 2.05) is 60.6 Å². The van der Waals surface area contributed by atoms with Gasteiger partial charge in [0, 0.05) is 42.9 Å². The van der Waals surface area contributed by atoms with Crippen LogP contribution in [-0.2, 0) is 23.9 Å². The highest BCUT2D eigenvalue weighted by molar-refractivity contribution is 5.97.